The van der Waals surface area contributed by atoms with Crippen LogP contribution in [0.2, 0.25) is 5.02 Å². The third kappa shape index (κ3) is 3.84. The van der Waals surface area contributed by atoms with Crippen LogP contribution < -0.4 is 24.2 Å². The van der Waals surface area contributed by atoms with E-state index >= 15 is 0 Å². The van der Waals surface area contributed by atoms with Crippen LogP contribution in [0.4, 0.5) is 11.4 Å². The Hall–Kier alpha value is -3.75. The standard InChI is InChI=1S/C26H23ClN2O6/c1-32-18-6-4-5-17(13-18)28-25(30)22-23(20-12-11-19(33-2)14-21(20)34-3)29(35-24(22)26(28)31)16-9-7-15(27)8-10-16/h4-14,22-24H,1-3H3/t22-,23-,24-/m1/s1. The highest BCUT2D eigenvalue weighted by molar-refractivity contribution is 6.30. The summed E-state index contributed by atoms with van der Waals surface area (Å²) in [4.78, 5) is 34.7. The zero-order valence-corrected chi connectivity index (χ0v) is 20.1. The first kappa shape index (κ1) is 23.0. The number of nitrogens with zero attached hydrogens (tertiary/aromatic N) is 2. The Morgan fingerprint density at radius 3 is 2.20 bits per heavy atom. The Balaban J connectivity index is 1.61. The second-order valence-corrected chi connectivity index (χ2v) is 8.56. The molecular weight excluding hydrogens is 472 g/mol. The lowest BCUT2D eigenvalue weighted by atomic mass is 9.90. The van der Waals surface area contributed by atoms with Crippen LogP contribution in [0, 0.1) is 5.92 Å². The van der Waals surface area contributed by atoms with Crippen molar-refractivity contribution in [3.63, 3.8) is 0 Å². The lowest BCUT2D eigenvalue weighted by Crippen LogP contribution is -2.37. The van der Waals surface area contributed by atoms with Crippen LogP contribution in [0.3, 0.4) is 0 Å². The smallest absolute Gasteiger partial charge is 0.266 e. The monoisotopic (exact) mass is 494 g/mol. The molecule has 5 rings (SSSR count). The Morgan fingerprint density at radius 1 is 0.800 bits per heavy atom. The lowest BCUT2D eigenvalue weighted by Gasteiger charge is -2.29. The number of anilines is 2. The van der Waals surface area contributed by atoms with Crippen LogP contribution in [0.1, 0.15) is 11.6 Å². The van der Waals surface area contributed by atoms with E-state index in [1.165, 1.54) is 12.0 Å². The minimum absolute atomic E-state index is 0.368. The van der Waals surface area contributed by atoms with Crippen LogP contribution in [-0.2, 0) is 14.4 Å². The predicted octanol–water partition coefficient (Wildman–Crippen LogP) is 4.42. The summed E-state index contributed by atoms with van der Waals surface area (Å²) in [6.07, 6.45) is -1.01. The van der Waals surface area contributed by atoms with Crippen molar-refractivity contribution in [2.24, 2.45) is 5.92 Å². The van der Waals surface area contributed by atoms with Crippen molar-refractivity contribution in [3.8, 4) is 17.2 Å². The molecule has 2 saturated heterocycles. The average molecular weight is 495 g/mol. The third-order valence-electron chi connectivity index (χ3n) is 6.27. The maximum absolute atomic E-state index is 13.8. The number of amides is 2. The van der Waals surface area contributed by atoms with Gasteiger partial charge in [-0.05, 0) is 48.5 Å². The van der Waals surface area contributed by atoms with Crippen LogP contribution in [0.15, 0.2) is 66.7 Å². The molecule has 180 valence electrons. The minimum Gasteiger partial charge on any atom is -0.497 e. The molecule has 0 N–H and O–H groups in total. The third-order valence-corrected chi connectivity index (χ3v) is 6.52. The van der Waals surface area contributed by atoms with Gasteiger partial charge in [0.1, 0.15) is 23.2 Å². The van der Waals surface area contributed by atoms with Crippen LogP contribution in [0.5, 0.6) is 17.2 Å². The molecule has 0 aliphatic carbocycles. The van der Waals surface area contributed by atoms with Gasteiger partial charge in [-0.1, -0.05) is 17.7 Å². The maximum Gasteiger partial charge on any atom is 0.266 e. The molecule has 0 spiro atoms. The van der Waals surface area contributed by atoms with E-state index < -0.39 is 24.0 Å². The fourth-order valence-corrected chi connectivity index (χ4v) is 4.74. The van der Waals surface area contributed by atoms with E-state index in [1.54, 1.807) is 79.9 Å². The Morgan fingerprint density at radius 2 is 1.51 bits per heavy atom. The summed E-state index contributed by atoms with van der Waals surface area (Å²) in [7, 11) is 4.64. The number of hydrogen-bond acceptors (Lipinski definition) is 7. The van der Waals surface area contributed by atoms with Gasteiger partial charge in [0.25, 0.3) is 5.91 Å². The van der Waals surface area contributed by atoms with Gasteiger partial charge in [-0.15, -0.1) is 0 Å². The van der Waals surface area contributed by atoms with E-state index in [4.69, 9.17) is 30.6 Å². The lowest BCUT2D eigenvalue weighted by molar-refractivity contribution is -0.126. The number of imide groups is 1. The summed E-state index contributed by atoms with van der Waals surface area (Å²) in [5, 5.41) is 2.15. The summed E-state index contributed by atoms with van der Waals surface area (Å²) in [5.74, 6) is 0.0299. The number of ether oxygens (including phenoxy) is 3. The average Bonchev–Trinajstić information content (AvgIpc) is 3.39. The molecule has 3 aromatic rings. The number of carbonyl (C=O) groups excluding carboxylic acids is 2. The van der Waals surface area contributed by atoms with Crippen molar-refractivity contribution < 1.29 is 28.6 Å². The number of benzene rings is 3. The first-order valence-corrected chi connectivity index (χ1v) is 11.3. The van der Waals surface area contributed by atoms with E-state index in [0.29, 0.717) is 39.2 Å². The molecule has 2 aliphatic heterocycles. The van der Waals surface area contributed by atoms with Gasteiger partial charge in [0, 0.05) is 22.7 Å². The van der Waals surface area contributed by atoms with Crippen LogP contribution >= 0.6 is 11.6 Å². The zero-order valence-electron chi connectivity index (χ0n) is 19.3. The van der Waals surface area contributed by atoms with Gasteiger partial charge in [-0.3, -0.25) is 14.4 Å². The number of carbonyl (C=O) groups is 2. The highest BCUT2D eigenvalue weighted by Crippen LogP contribution is 2.50. The summed E-state index contributed by atoms with van der Waals surface area (Å²) >= 11 is 6.09. The summed E-state index contributed by atoms with van der Waals surface area (Å²) in [5.41, 5.74) is 1.76. The predicted molar refractivity (Wildman–Crippen MR) is 130 cm³/mol. The highest BCUT2D eigenvalue weighted by atomic mass is 35.5. The van der Waals surface area contributed by atoms with E-state index in [1.807, 2.05) is 6.07 Å². The molecule has 3 aromatic carbocycles. The summed E-state index contributed by atoms with van der Waals surface area (Å²) < 4.78 is 16.3. The molecule has 2 aliphatic rings. The first-order chi connectivity index (χ1) is 17.0. The molecule has 2 fully saturated rings. The molecule has 8 nitrogen and oxygen atoms in total. The topological polar surface area (TPSA) is 77.5 Å². The van der Waals surface area contributed by atoms with Gasteiger partial charge in [0.15, 0.2) is 6.10 Å². The first-order valence-electron chi connectivity index (χ1n) is 10.9. The second-order valence-electron chi connectivity index (χ2n) is 8.12. The Kier molecular flexibility index (Phi) is 6.00. The van der Waals surface area contributed by atoms with Gasteiger partial charge in [0.2, 0.25) is 5.91 Å². The Bertz CT molecular complexity index is 1280. The molecule has 2 amide bonds. The molecule has 0 bridgehead atoms. The van der Waals surface area contributed by atoms with E-state index in [0.717, 1.165) is 0 Å². The van der Waals surface area contributed by atoms with Gasteiger partial charge >= 0.3 is 0 Å². The van der Waals surface area contributed by atoms with Crippen molar-refractivity contribution in [1.29, 1.82) is 0 Å². The van der Waals surface area contributed by atoms with Gasteiger partial charge in [-0.25, -0.2) is 9.96 Å². The number of methoxy groups -OCH3 is 3. The SMILES string of the molecule is COc1cccc(N2C(=O)[C@@H]3[C@@H](c4ccc(OC)cc4OC)N(c4ccc(Cl)cc4)O[C@H]3C2=O)c1. The van der Waals surface area contributed by atoms with E-state index in [-0.39, 0.29) is 5.91 Å². The normalized spacial score (nSPS) is 21.3. The highest BCUT2D eigenvalue weighted by Gasteiger charge is 2.60. The minimum atomic E-state index is -1.01. The summed E-state index contributed by atoms with van der Waals surface area (Å²) in [6, 6.07) is 18.5. The number of fused-ring (bicyclic) bond motifs is 1. The van der Waals surface area contributed by atoms with Crippen molar-refractivity contribution in [2.75, 3.05) is 31.3 Å². The molecule has 0 saturated carbocycles. The molecule has 0 radical (unpaired) electrons. The fourth-order valence-electron chi connectivity index (χ4n) is 4.61. The molecule has 35 heavy (non-hydrogen) atoms. The number of halogens is 1. The van der Waals surface area contributed by atoms with Crippen LogP contribution in [-0.4, -0.2) is 39.2 Å². The zero-order chi connectivity index (χ0) is 24.7. The molecule has 0 unspecified atom stereocenters. The number of hydroxylamine groups is 1. The number of rotatable bonds is 6. The Labute approximate surface area is 207 Å². The fraction of sp³-hybridized carbons (Fsp3) is 0.231. The van der Waals surface area contributed by atoms with Crippen molar-refractivity contribution >= 4 is 34.8 Å². The summed E-state index contributed by atoms with van der Waals surface area (Å²) in [6.45, 7) is 0. The van der Waals surface area contributed by atoms with E-state index in [2.05, 4.69) is 0 Å². The van der Waals surface area contributed by atoms with Crippen molar-refractivity contribution in [2.45, 2.75) is 12.1 Å². The van der Waals surface area contributed by atoms with Gasteiger partial charge in [-0.2, -0.15) is 0 Å². The molecule has 0 aromatic heterocycles. The second kappa shape index (κ2) is 9.13. The molecular formula is C26H23ClN2O6. The number of hydrogen-bond donors (Lipinski definition) is 0. The quantitative estimate of drug-likeness (QED) is 0.469. The van der Waals surface area contributed by atoms with Crippen molar-refractivity contribution in [1.82, 2.24) is 0 Å². The van der Waals surface area contributed by atoms with Gasteiger partial charge in [0.05, 0.1) is 38.7 Å². The molecule has 3 atom stereocenters. The van der Waals surface area contributed by atoms with Crippen LogP contribution in [0.25, 0.3) is 0 Å². The largest absolute Gasteiger partial charge is 0.497 e. The molecule has 9 heteroatoms. The van der Waals surface area contributed by atoms with Gasteiger partial charge < -0.3 is 14.2 Å². The molecule has 2 heterocycles. The maximum atomic E-state index is 13.8. The van der Waals surface area contributed by atoms with E-state index in [9.17, 15) is 9.59 Å². The van der Waals surface area contributed by atoms with Crippen molar-refractivity contribution in [3.05, 3.63) is 77.3 Å².